The monoisotopic (exact) mass is 375 g/mol. The quantitative estimate of drug-likeness (QED) is 0.764. The summed E-state index contributed by atoms with van der Waals surface area (Å²) in [6, 6.07) is 11.6. The molecule has 6 nitrogen and oxygen atoms in total. The number of nitrogens with zero attached hydrogens (tertiary/aromatic N) is 4. The van der Waals surface area contributed by atoms with Gasteiger partial charge in [0, 0.05) is 29.9 Å². The summed E-state index contributed by atoms with van der Waals surface area (Å²) in [6.07, 6.45) is 7.93. The third-order valence-corrected chi connectivity index (χ3v) is 6.43. The fourth-order valence-corrected chi connectivity index (χ4v) is 4.79. The summed E-state index contributed by atoms with van der Waals surface area (Å²) >= 11 is 0. The Kier molecular flexibility index (Phi) is 4.16. The average Bonchev–Trinajstić information content (AvgIpc) is 3.20. The summed E-state index contributed by atoms with van der Waals surface area (Å²) in [5, 5.41) is 7.71. The number of fused-ring (bicyclic) bond motifs is 3. The molecule has 144 valence electrons. The van der Waals surface area contributed by atoms with Gasteiger partial charge in [-0.25, -0.2) is 9.50 Å². The molecule has 2 aliphatic rings. The molecular weight excluding hydrogens is 350 g/mol. The lowest BCUT2D eigenvalue weighted by Crippen LogP contribution is -2.48. The largest absolute Gasteiger partial charge is 0.349 e. The number of carbonyl (C=O) groups excluding carboxylic acids is 1. The number of carbonyl (C=O) groups is 1. The van der Waals surface area contributed by atoms with E-state index in [-0.39, 0.29) is 11.9 Å². The van der Waals surface area contributed by atoms with E-state index in [9.17, 15) is 4.79 Å². The first kappa shape index (κ1) is 17.4. The zero-order valence-corrected chi connectivity index (χ0v) is 16.3. The fraction of sp³-hybridized carbons (Fsp3) is 0.409. The van der Waals surface area contributed by atoms with Gasteiger partial charge in [-0.3, -0.25) is 4.79 Å². The van der Waals surface area contributed by atoms with Gasteiger partial charge >= 0.3 is 0 Å². The van der Waals surface area contributed by atoms with Crippen molar-refractivity contribution in [2.24, 2.45) is 0 Å². The molecule has 1 aromatic carbocycles. The van der Waals surface area contributed by atoms with E-state index in [0.29, 0.717) is 23.3 Å². The summed E-state index contributed by atoms with van der Waals surface area (Å²) in [6.45, 7) is 2.07. The molecule has 2 atom stereocenters. The first-order valence-corrected chi connectivity index (χ1v) is 10.0. The molecule has 0 aliphatic carbocycles. The van der Waals surface area contributed by atoms with Crippen LogP contribution in [0.2, 0.25) is 0 Å². The molecule has 5 rings (SSSR count). The molecule has 3 aromatic rings. The number of aryl methyl sites for hydroxylation is 1. The zero-order chi connectivity index (χ0) is 19.3. The SMILES string of the molecule is Cc1ccc(-c2ccnc3c(C(=O)NC4CC5CCC(C4)N5C)cnn23)cc1. The molecule has 2 saturated heterocycles. The minimum absolute atomic E-state index is 0.0718. The highest BCUT2D eigenvalue weighted by Crippen LogP contribution is 2.34. The van der Waals surface area contributed by atoms with Crippen molar-refractivity contribution in [3.63, 3.8) is 0 Å². The van der Waals surface area contributed by atoms with E-state index in [0.717, 1.165) is 24.1 Å². The molecule has 6 heteroatoms. The maximum absolute atomic E-state index is 13.0. The second kappa shape index (κ2) is 6.71. The first-order valence-electron chi connectivity index (χ1n) is 10.0. The van der Waals surface area contributed by atoms with Gasteiger partial charge in [0.2, 0.25) is 0 Å². The van der Waals surface area contributed by atoms with Gasteiger partial charge in [0.05, 0.1) is 11.9 Å². The molecule has 2 fully saturated rings. The molecule has 1 amide bonds. The lowest BCUT2D eigenvalue weighted by Gasteiger charge is -2.36. The molecular formula is C22H25N5O. The standard InChI is InChI=1S/C22H25N5O/c1-14-3-5-15(6-4-14)20-9-10-23-21-19(13-24-27(20)21)22(28)25-16-11-17-7-8-18(12-16)26(17)2/h3-6,9-10,13,16-18H,7-8,11-12H2,1-2H3,(H,25,28). The van der Waals surface area contributed by atoms with Gasteiger partial charge in [0.15, 0.2) is 5.65 Å². The van der Waals surface area contributed by atoms with Gasteiger partial charge in [0.1, 0.15) is 5.56 Å². The van der Waals surface area contributed by atoms with Crippen LogP contribution >= 0.6 is 0 Å². The Balaban J connectivity index is 1.41. The van der Waals surface area contributed by atoms with Gasteiger partial charge in [-0.2, -0.15) is 5.10 Å². The molecule has 1 N–H and O–H groups in total. The van der Waals surface area contributed by atoms with Crippen molar-refractivity contribution < 1.29 is 4.79 Å². The zero-order valence-electron chi connectivity index (χ0n) is 16.3. The summed E-state index contributed by atoms with van der Waals surface area (Å²) in [4.78, 5) is 19.9. The topological polar surface area (TPSA) is 62.5 Å². The molecule has 4 heterocycles. The van der Waals surface area contributed by atoms with E-state index in [2.05, 4.69) is 58.5 Å². The smallest absolute Gasteiger partial charge is 0.256 e. The van der Waals surface area contributed by atoms with Gasteiger partial charge in [0.25, 0.3) is 5.91 Å². The van der Waals surface area contributed by atoms with Gasteiger partial charge in [-0.15, -0.1) is 0 Å². The van der Waals surface area contributed by atoms with E-state index in [4.69, 9.17) is 0 Å². The van der Waals surface area contributed by atoms with Crippen LogP contribution in [-0.4, -0.2) is 50.6 Å². The Morgan fingerprint density at radius 2 is 1.82 bits per heavy atom. The molecule has 2 aromatic heterocycles. The summed E-state index contributed by atoms with van der Waals surface area (Å²) in [7, 11) is 2.21. The highest BCUT2D eigenvalue weighted by atomic mass is 16.1. The van der Waals surface area contributed by atoms with Crippen LogP contribution in [-0.2, 0) is 0 Å². The Hall–Kier alpha value is -2.73. The predicted molar refractivity (Wildman–Crippen MR) is 108 cm³/mol. The van der Waals surface area contributed by atoms with E-state index >= 15 is 0 Å². The second-order valence-corrected chi connectivity index (χ2v) is 8.18. The van der Waals surface area contributed by atoms with Gasteiger partial charge in [-0.1, -0.05) is 29.8 Å². The van der Waals surface area contributed by atoms with Crippen LogP contribution in [0.25, 0.3) is 16.9 Å². The van der Waals surface area contributed by atoms with Crippen LogP contribution in [0.4, 0.5) is 0 Å². The maximum Gasteiger partial charge on any atom is 0.256 e. The molecule has 0 saturated carbocycles. The van der Waals surface area contributed by atoms with E-state index in [1.165, 1.54) is 18.4 Å². The van der Waals surface area contributed by atoms with Crippen molar-refractivity contribution in [1.29, 1.82) is 0 Å². The summed E-state index contributed by atoms with van der Waals surface area (Å²) in [5.74, 6) is -0.0718. The highest BCUT2D eigenvalue weighted by Gasteiger charge is 2.39. The van der Waals surface area contributed by atoms with Crippen molar-refractivity contribution in [1.82, 2.24) is 24.8 Å². The predicted octanol–water partition coefficient (Wildman–Crippen LogP) is 3.06. The highest BCUT2D eigenvalue weighted by molar-refractivity contribution is 6.00. The van der Waals surface area contributed by atoms with Crippen molar-refractivity contribution >= 4 is 11.6 Å². The minimum atomic E-state index is -0.0718. The van der Waals surface area contributed by atoms with Gasteiger partial charge in [-0.05, 0) is 45.7 Å². The number of rotatable bonds is 3. The van der Waals surface area contributed by atoms with Crippen molar-refractivity contribution in [2.45, 2.75) is 50.7 Å². The number of hydrogen-bond donors (Lipinski definition) is 1. The first-order chi connectivity index (χ1) is 13.6. The average molecular weight is 375 g/mol. The Morgan fingerprint density at radius 1 is 1.11 bits per heavy atom. The Morgan fingerprint density at radius 3 is 2.54 bits per heavy atom. The number of nitrogens with one attached hydrogen (secondary N) is 1. The number of piperidine rings is 1. The second-order valence-electron chi connectivity index (χ2n) is 8.18. The van der Waals surface area contributed by atoms with E-state index in [1.807, 2.05) is 6.07 Å². The maximum atomic E-state index is 13.0. The van der Waals surface area contributed by atoms with Crippen LogP contribution in [0.3, 0.4) is 0 Å². The molecule has 2 aliphatic heterocycles. The molecule has 28 heavy (non-hydrogen) atoms. The molecule has 2 bridgehead atoms. The minimum Gasteiger partial charge on any atom is -0.349 e. The van der Waals surface area contributed by atoms with Crippen LogP contribution < -0.4 is 5.32 Å². The van der Waals surface area contributed by atoms with E-state index in [1.54, 1.807) is 16.9 Å². The third kappa shape index (κ3) is 2.88. The number of hydrogen-bond acceptors (Lipinski definition) is 4. The van der Waals surface area contributed by atoms with Crippen molar-refractivity contribution in [3.05, 3.63) is 53.9 Å². The van der Waals surface area contributed by atoms with E-state index < -0.39 is 0 Å². The van der Waals surface area contributed by atoms with Crippen LogP contribution in [0, 0.1) is 6.92 Å². The lowest BCUT2D eigenvalue weighted by atomic mass is 9.98. The number of amides is 1. The molecule has 0 spiro atoms. The Bertz CT molecular complexity index is 1010. The van der Waals surface area contributed by atoms with Crippen molar-refractivity contribution in [3.8, 4) is 11.3 Å². The van der Waals surface area contributed by atoms with Crippen molar-refractivity contribution in [2.75, 3.05) is 7.05 Å². The number of aromatic nitrogens is 3. The lowest BCUT2D eigenvalue weighted by molar-refractivity contribution is 0.0884. The van der Waals surface area contributed by atoms with Crippen LogP contribution in [0.5, 0.6) is 0 Å². The summed E-state index contributed by atoms with van der Waals surface area (Å²) < 4.78 is 1.76. The normalized spacial score (nSPS) is 24.6. The van der Waals surface area contributed by atoms with Crippen LogP contribution in [0.1, 0.15) is 41.6 Å². The molecule has 0 radical (unpaired) electrons. The van der Waals surface area contributed by atoms with Gasteiger partial charge < -0.3 is 10.2 Å². The van der Waals surface area contributed by atoms with Crippen LogP contribution in [0.15, 0.2) is 42.7 Å². The Labute approximate surface area is 164 Å². The fourth-order valence-electron chi connectivity index (χ4n) is 4.79. The number of benzene rings is 1. The molecule has 2 unspecified atom stereocenters. The summed E-state index contributed by atoms with van der Waals surface area (Å²) in [5.41, 5.74) is 4.34. The third-order valence-electron chi connectivity index (χ3n) is 6.43.